The molecule has 0 aliphatic heterocycles. The Morgan fingerprint density at radius 3 is 2.50 bits per heavy atom. The number of carbonyl (C=O) groups excluding carboxylic acids is 1. The van der Waals surface area contributed by atoms with Gasteiger partial charge in [-0.25, -0.2) is 0 Å². The molecule has 2 aromatic carbocycles. The summed E-state index contributed by atoms with van der Waals surface area (Å²) in [5, 5.41) is 4.71. The van der Waals surface area contributed by atoms with Crippen molar-refractivity contribution in [3.8, 4) is 0 Å². The number of nitrogens with one attached hydrogen (secondary N) is 1. The van der Waals surface area contributed by atoms with E-state index in [1.807, 2.05) is 49.4 Å². The molecular weight excluding hydrogens is 337 g/mol. The van der Waals surface area contributed by atoms with Crippen LogP contribution in [0.3, 0.4) is 0 Å². The molecule has 1 heterocycles. The maximum absolute atomic E-state index is 12.5. The van der Waals surface area contributed by atoms with Crippen molar-refractivity contribution in [2.75, 3.05) is 0 Å². The monoisotopic (exact) mass is 349 g/mol. The van der Waals surface area contributed by atoms with Gasteiger partial charge < -0.3 is 5.32 Å². The summed E-state index contributed by atoms with van der Waals surface area (Å²) < 4.78 is 0.912. The second-order valence-electron chi connectivity index (χ2n) is 4.96. The van der Waals surface area contributed by atoms with Gasteiger partial charge in [0.15, 0.2) is 0 Å². The van der Waals surface area contributed by atoms with Crippen LogP contribution in [0.25, 0.3) is 10.1 Å². The molecule has 0 fully saturated rings. The molecule has 0 saturated heterocycles. The lowest BCUT2D eigenvalue weighted by molar-refractivity contribution is 0.0944. The molecule has 1 amide bonds. The number of thiophene rings is 1. The molecule has 0 aliphatic rings. The highest BCUT2D eigenvalue weighted by Crippen LogP contribution is 2.39. The summed E-state index contributed by atoms with van der Waals surface area (Å²) in [6.07, 6.45) is 0. The molecule has 1 N–H and O–H groups in total. The molecule has 1 atom stereocenters. The van der Waals surface area contributed by atoms with E-state index in [9.17, 15) is 4.79 Å². The Morgan fingerprint density at radius 2 is 1.82 bits per heavy atom. The summed E-state index contributed by atoms with van der Waals surface area (Å²) in [6.45, 7) is 1.95. The minimum absolute atomic E-state index is 0.0922. The first-order chi connectivity index (χ1) is 10.6. The topological polar surface area (TPSA) is 29.1 Å². The van der Waals surface area contributed by atoms with Crippen LogP contribution < -0.4 is 5.32 Å². The standard InChI is InChI=1S/C17H13Cl2NOS/c1-10(11-6-3-2-4-7-11)20-17(21)16-15(19)14-12(18)8-5-9-13(14)22-16/h2-10H,1H3,(H,20,21)/t10-/m1/s1. The first-order valence-electron chi connectivity index (χ1n) is 6.80. The van der Waals surface area contributed by atoms with Crippen LogP contribution in [0.5, 0.6) is 0 Å². The Hall–Kier alpha value is -1.55. The molecule has 2 nitrogen and oxygen atoms in total. The average Bonchev–Trinajstić information content (AvgIpc) is 2.86. The second kappa shape index (κ2) is 6.29. The summed E-state index contributed by atoms with van der Waals surface area (Å²) in [6, 6.07) is 15.3. The smallest absolute Gasteiger partial charge is 0.263 e. The lowest BCUT2D eigenvalue weighted by Crippen LogP contribution is -2.26. The van der Waals surface area contributed by atoms with E-state index < -0.39 is 0 Å². The summed E-state index contributed by atoms with van der Waals surface area (Å²) in [7, 11) is 0. The summed E-state index contributed by atoms with van der Waals surface area (Å²) in [5.74, 6) is -0.182. The molecule has 0 saturated carbocycles. The van der Waals surface area contributed by atoms with E-state index in [-0.39, 0.29) is 11.9 Å². The van der Waals surface area contributed by atoms with Gasteiger partial charge in [0.2, 0.25) is 0 Å². The maximum atomic E-state index is 12.5. The number of amides is 1. The van der Waals surface area contributed by atoms with Gasteiger partial charge >= 0.3 is 0 Å². The predicted molar refractivity (Wildman–Crippen MR) is 94.2 cm³/mol. The number of halogens is 2. The minimum atomic E-state index is -0.182. The van der Waals surface area contributed by atoms with Crippen molar-refractivity contribution in [1.29, 1.82) is 0 Å². The molecule has 22 heavy (non-hydrogen) atoms. The van der Waals surface area contributed by atoms with E-state index >= 15 is 0 Å². The number of hydrogen-bond donors (Lipinski definition) is 1. The number of benzene rings is 2. The Kier molecular flexibility index (Phi) is 4.39. The summed E-state index contributed by atoms with van der Waals surface area (Å²) in [5.41, 5.74) is 1.05. The van der Waals surface area contributed by atoms with Crippen LogP contribution in [0.4, 0.5) is 0 Å². The van der Waals surface area contributed by atoms with Gasteiger partial charge in [-0.1, -0.05) is 59.6 Å². The fraction of sp³-hybridized carbons (Fsp3) is 0.118. The van der Waals surface area contributed by atoms with E-state index in [0.29, 0.717) is 14.9 Å². The first-order valence-corrected chi connectivity index (χ1v) is 8.37. The van der Waals surface area contributed by atoms with E-state index in [0.717, 1.165) is 15.6 Å². The van der Waals surface area contributed by atoms with Crippen molar-refractivity contribution < 1.29 is 4.79 Å². The fourth-order valence-corrected chi connectivity index (χ4v) is 4.16. The molecule has 5 heteroatoms. The highest BCUT2D eigenvalue weighted by Gasteiger charge is 2.20. The fourth-order valence-electron chi connectivity index (χ4n) is 2.30. The third-order valence-corrected chi connectivity index (χ3v) is 5.42. The van der Waals surface area contributed by atoms with E-state index in [1.54, 1.807) is 6.07 Å². The molecular formula is C17H13Cl2NOS. The number of fused-ring (bicyclic) bond motifs is 1. The Balaban J connectivity index is 1.90. The molecule has 0 unspecified atom stereocenters. The highest BCUT2D eigenvalue weighted by atomic mass is 35.5. The van der Waals surface area contributed by atoms with Crippen molar-refractivity contribution in [3.05, 3.63) is 69.0 Å². The van der Waals surface area contributed by atoms with Gasteiger partial charge in [0, 0.05) is 10.1 Å². The van der Waals surface area contributed by atoms with Crippen LogP contribution in [0, 0.1) is 0 Å². The van der Waals surface area contributed by atoms with Gasteiger partial charge in [-0.05, 0) is 24.6 Å². The summed E-state index contributed by atoms with van der Waals surface area (Å²) in [4.78, 5) is 13.0. The largest absolute Gasteiger partial charge is 0.345 e. The van der Waals surface area contributed by atoms with Crippen LogP contribution in [-0.4, -0.2) is 5.91 Å². The normalized spacial score (nSPS) is 12.3. The predicted octanol–water partition coefficient (Wildman–Crippen LogP) is 5.70. The van der Waals surface area contributed by atoms with Crippen molar-refractivity contribution in [1.82, 2.24) is 5.32 Å². The van der Waals surface area contributed by atoms with Crippen LogP contribution in [-0.2, 0) is 0 Å². The zero-order chi connectivity index (χ0) is 15.7. The molecule has 0 spiro atoms. The number of hydrogen-bond acceptors (Lipinski definition) is 2. The second-order valence-corrected chi connectivity index (χ2v) is 6.80. The van der Waals surface area contributed by atoms with E-state index in [4.69, 9.17) is 23.2 Å². The molecule has 1 aromatic heterocycles. The molecule has 0 aliphatic carbocycles. The van der Waals surface area contributed by atoms with Crippen molar-refractivity contribution in [2.24, 2.45) is 0 Å². The Bertz CT molecular complexity index is 829. The van der Waals surface area contributed by atoms with Gasteiger partial charge in [0.1, 0.15) is 4.88 Å². The van der Waals surface area contributed by atoms with Crippen molar-refractivity contribution in [2.45, 2.75) is 13.0 Å². The van der Waals surface area contributed by atoms with Gasteiger partial charge in [-0.15, -0.1) is 11.3 Å². The lowest BCUT2D eigenvalue weighted by atomic mass is 10.1. The van der Waals surface area contributed by atoms with Crippen molar-refractivity contribution >= 4 is 50.5 Å². The SMILES string of the molecule is C[C@@H](NC(=O)c1sc2cccc(Cl)c2c1Cl)c1ccccc1. The lowest BCUT2D eigenvalue weighted by Gasteiger charge is -2.13. The zero-order valence-corrected chi connectivity index (χ0v) is 14.1. The molecule has 0 bridgehead atoms. The van der Waals surface area contributed by atoms with Crippen LogP contribution in [0.2, 0.25) is 10.0 Å². The Morgan fingerprint density at radius 1 is 1.09 bits per heavy atom. The van der Waals surface area contributed by atoms with Crippen LogP contribution in [0.15, 0.2) is 48.5 Å². The van der Waals surface area contributed by atoms with Gasteiger partial charge in [0.25, 0.3) is 5.91 Å². The molecule has 3 aromatic rings. The maximum Gasteiger partial charge on any atom is 0.263 e. The number of rotatable bonds is 3. The summed E-state index contributed by atoms with van der Waals surface area (Å²) >= 11 is 13.9. The van der Waals surface area contributed by atoms with Crippen molar-refractivity contribution in [3.63, 3.8) is 0 Å². The first kappa shape index (κ1) is 15.3. The van der Waals surface area contributed by atoms with Gasteiger partial charge in [-0.3, -0.25) is 4.79 Å². The minimum Gasteiger partial charge on any atom is -0.345 e. The molecule has 0 radical (unpaired) electrons. The molecule has 3 rings (SSSR count). The highest BCUT2D eigenvalue weighted by molar-refractivity contribution is 7.21. The molecule has 112 valence electrons. The van der Waals surface area contributed by atoms with E-state index in [1.165, 1.54) is 11.3 Å². The Labute approximate surface area is 142 Å². The number of carbonyl (C=O) groups is 1. The van der Waals surface area contributed by atoms with Crippen LogP contribution in [0.1, 0.15) is 28.2 Å². The third kappa shape index (κ3) is 2.84. The zero-order valence-electron chi connectivity index (χ0n) is 11.8. The third-order valence-electron chi connectivity index (χ3n) is 3.46. The van der Waals surface area contributed by atoms with Crippen LogP contribution >= 0.6 is 34.5 Å². The average molecular weight is 350 g/mol. The van der Waals surface area contributed by atoms with Gasteiger partial charge in [-0.2, -0.15) is 0 Å². The van der Waals surface area contributed by atoms with E-state index in [2.05, 4.69) is 5.32 Å². The quantitative estimate of drug-likeness (QED) is 0.645. The van der Waals surface area contributed by atoms with Gasteiger partial charge in [0.05, 0.1) is 16.1 Å².